The average molecular weight is 369 g/mol. The molecule has 5 nitrogen and oxygen atoms in total. The van der Waals surface area contributed by atoms with E-state index in [9.17, 15) is 4.79 Å². The predicted octanol–water partition coefficient (Wildman–Crippen LogP) is 1.87. The third-order valence-electron chi connectivity index (χ3n) is 2.43. The molecule has 0 radical (unpaired) electrons. The molecule has 2 rings (SSSR count). The van der Waals surface area contributed by atoms with Crippen LogP contribution in [0, 0.1) is 3.57 Å². The Bertz CT molecular complexity index is 572. The lowest BCUT2D eigenvalue weighted by molar-refractivity contribution is 0.0953. The van der Waals surface area contributed by atoms with Crippen LogP contribution in [0.5, 0.6) is 5.75 Å². The molecule has 3 N–H and O–H groups in total. The van der Waals surface area contributed by atoms with E-state index in [1.807, 2.05) is 24.3 Å². The van der Waals surface area contributed by atoms with Gasteiger partial charge in [-0.1, -0.05) is 12.1 Å². The molecule has 1 aromatic carbocycles. The van der Waals surface area contributed by atoms with Gasteiger partial charge >= 0.3 is 0 Å². The van der Waals surface area contributed by atoms with Gasteiger partial charge in [-0.05, 0) is 46.9 Å². The summed E-state index contributed by atoms with van der Waals surface area (Å²) in [5, 5.41) is 0. The van der Waals surface area contributed by atoms with Crippen molar-refractivity contribution in [1.29, 1.82) is 0 Å². The number of pyridine rings is 1. The van der Waals surface area contributed by atoms with E-state index < -0.39 is 0 Å². The van der Waals surface area contributed by atoms with E-state index in [0.29, 0.717) is 12.2 Å². The van der Waals surface area contributed by atoms with E-state index >= 15 is 0 Å². The summed E-state index contributed by atoms with van der Waals surface area (Å²) in [6, 6.07) is 11.1. The highest BCUT2D eigenvalue weighted by Gasteiger charge is 2.05. The van der Waals surface area contributed by atoms with Crippen molar-refractivity contribution in [3.8, 4) is 5.75 Å². The van der Waals surface area contributed by atoms with Crippen molar-refractivity contribution >= 4 is 28.5 Å². The minimum atomic E-state index is -0.363. The molecule has 0 saturated carbocycles. The summed E-state index contributed by atoms with van der Waals surface area (Å²) >= 11 is 2.21. The first-order chi connectivity index (χ1) is 9.20. The van der Waals surface area contributed by atoms with Crippen molar-refractivity contribution in [3.63, 3.8) is 0 Å². The summed E-state index contributed by atoms with van der Waals surface area (Å²) in [5.41, 5.74) is 3.22. The highest BCUT2D eigenvalue weighted by atomic mass is 127. The second kappa shape index (κ2) is 6.48. The van der Waals surface area contributed by atoms with Crippen LogP contribution in [-0.2, 0) is 6.61 Å². The SMILES string of the molecule is NNC(=O)c1ccc(COc2ccccc2I)nc1. The number of para-hydroxylation sites is 1. The Kier molecular flexibility index (Phi) is 4.69. The van der Waals surface area contributed by atoms with Gasteiger partial charge in [0, 0.05) is 6.20 Å². The molecule has 0 fully saturated rings. The molecule has 0 saturated heterocycles. The van der Waals surface area contributed by atoms with Gasteiger partial charge in [0.2, 0.25) is 0 Å². The molecular formula is C13H12IN3O2. The van der Waals surface area contributed by atoms with E-state index in [-0.39, 0.29) is 5.91 Å². The molecule has 0 bridgehead atoms. The van der Waals surface area contributed by atoms with Gasteiger partial charge in [0.15, 0.2) is 0 Å². The Morgan fingerprint density at radius 2 is 2.11 bits per heavy atom. The fourth-order valence-corrected chi connectivity index (χ4v) is 1.98. The summed E-state index contributed by atoms with van der Waals surface area (Å²) in [6.07, 6.45) is 1.47. The number of nitrogens with zero attached hydrogens (tertiary/aromatic N) is 1. The maximum atomic E-state index is 11.2. The molecule has 2 aromatic rings. The van der Waals surface area contributed by atoms with Gasteiger partial charge in [0.05, 0.1) is 14.8 Å². The van der Waals surface area contributed by atoms with Crippen molar-refractivity contribution in [2.75, 3.05) is 0 Å². The van der Waals surface area contributed by atoms with Gasteiger partial charge in [0.25, 0.3) is 5.91 Å². The van der Waals surface area contributed by atoms with Crippen LogP contribution in [0.4, 0.5) is 0 Å². The van der Waals surface area contributed by atoms with Crippen molar-refractivity contribution in [2.45, 2.75) is 6.61 Å². The summed E-state index contributed by atoms with van der Waals surface area (Å²) < 4.78 is 6.70. The first-order valence-electron chi connectivity index (χ1n) is 5.54. The van der Waals surface area contributed by atoms with Crippen LogP contribution < -0.4 is 16.0 Å². The van der Waals surface area contributed by atoms with E-state index in [0.717, 1.165) is 15.0 Å². The number of nitrogen functional groups attached to an aromatic ring is 1. The Morgan fingerprint density at radius 3 is 2.74 bits per heavy atom. The number of hydrogen-bond acceptors (Lipinski definition) is 4. The molecule has 0 atom stereocenters. The Morgan fingerprint density at radius 1 is 1.32 bits per heavy atom. The molecule has 0 aliphatic carbocycles. The summed E-state index contributed by atoms with van der Waals surface area (Å²) in [7, 11) is 0. The number of rotatable bonds is 4. The van der Waals surface area contributed by atoms with Crippen LogP contribution in [0.2, 0.25) is 0 Å². The van der Waals surface area contributed by atoms with Crippen LogP contribution in [0.1, 0.15) is 16.1 Å². The lowest BCUT2D eigenvalue weighted by atomic mass is 10.2. The number of carbonyl (C=O) groups is 1. The molecule has 1 aromatic heterocycles. The zero-order valence-corrected chi connectivity index (χ0v) is 12.1. The van der Waals surface area contributed by atoms with Crippen molar-refractivity contribution in [1.82, 2.24) is 10.4 Å². The highest BCUT2D eigenvalue weighted by molar-refractivity contribution is 14.1. The second-order valence-corrected chi connectivity index (χ2v) is 4.89. The van der Waals surface area contributed by atoms with Gasteiger partial charge in [-0.25, -0.2) is 5.84 Å². The Balaban J connectivity index is 2.01. The fourth-order valence-electron chi connectivity index (χ4n) is 1.44. The van der Waals surface area contributed by atoms with Crippen molar-refractivity contribution in [2.24, 2.45) is 5.84 Å². The molecule has 6 heteroatoms. The fraction of sp³-hybridized carbons (Fsp3) is 0.0769. The maximum Gasteiger partial charge on any atom is 0.266 e. The van der Waals surface area contributed by atoms with Crippen molar-refractivity contribution < 1.29 is 9.53 Å². The zero-order valence-electron chi connectivity index (χ0n) is 9.97. The summed E-state index contributed by atoms with van der Waals surface area (Å²) in [4.78, 5) is 15.4. The Hall–Kier alpha value is -1.67. The normalized spacial score (nSPS) is 10.0. The van der Waals surface area contributed by atoms with Gasteiger partial charge < -0.3 is 4.74 Å². The zero-order chi connectivity index (χ0) is 13.7. The molecule has 19 heavy (non-hydrogen) atoms. The highest BCUT2D eigenvalue weighted by Crippen LogP contribution is 2.20. The van der Waals surface area contributed by atoms with Crippen molar-refractivity contribution in [3.05, 3.63) is 57.4 Å². The van der Waals surface area contributed by atoms with Gasteiger partial charge in [-0.15, -0.1) is 0 Å². The molecule has 1 heterocycles. The predicted molar refractivity (Wildman–Crippen MR) is 79.4 cm³/mol. The number of hydrazine groups is 1. The number of nitrogens with two attached hydrogens (primary N) is 1. The minimum Gasteiger partial charge on any atom is -0.486 e. The van der Waals surface area contributed by atoms with Crippen LogP contribution in [-0.4, -0.2) is 10.9 Å². The van der Waals surface area contributed by atoms with Gasteiger partial charge in [-0.3, -0.25) is 15.2 Å². The monoisotopic (exact) mass is 369 g/mol. The van der Waals surface area contributed by atoms with E-state index in [2.05, 4.69) is 33.0 Å². The number of halogens is 1. The smallest absolute Gasteiger partial charge is 0.266 e. The van der Waals surface area contributed by atoms with Gasteiger partial charge in [-0.2, -0.15) is 0 Å². The lowest BCUT2D eigenvalue weighted by Crippen LogP contribution is -2.30. The summed E-state index contributed by atoms with van der Waals surface area (Å²) in [5.74, 6) is 5.49. The second-order valence-electron chi connectivity index (χ2n) is 3.73. The number of carbonyl (C=O) groups excluding carboxylic acids is 1. The standard InChI is InChI=1S/C13H12IN3O2/c14-11-3-1-2-4-12(11)19-8-10-6-5-9(7-16-10)13(18)17-15/h1-7H,8,15H2,(H,17,18). The molecule has 1 amide bonds. The molecular weight excluding hydrogens is 357 g/mol. The molecule has 0 aliphatic rings. The Labute approximate surface area is 124 Å². The third-order valence-corrected chi connectivity index (χ3v) is 3.32. The number of ether oxygens (including phenoxy) is 1. The van der Waals surface area contributed by atoms with Crippen LogP contribution in [0.25, 0.3) is 0 Å². The number of amides is 1. The van der Waals surface area contributed by atoms with E-state index in [1.165, 1.54) is 6.20 Å². The first kappa shape index (κ1) is 13.8. The number of nitrogens with one attached hydrogen (secondary N) is 1. The maximum absolute atomic E-state index is 11.2. The topological polar surface area (TPSA) is 77.2 Å². The van der Waals surface area contributed by atoms with E-state index in [4.69, 9.17) is 10.6 Å². The number of benzene rings is 1. The first-order valence-corrected chi connectivity index (χ1v) is 6.62. The largest absolute Gasteiger partial charge is 0.486 e. The van der Waals surface area contributed by atoms with Gasteiger partial charge in [0.1, 0.15) is 12.4 Å². The quantitative estimate of drug-likeness (QED) is 0.373. The van der Waals surface area contributed by atoms with Crippen LogP contribution >= 0.6 is 22.6 Å². The van der Waals surface area contributed by atoms with E-state index in [1.54, 1.807) is 12.1 Å². The molecule has 0 spiro atoms. The average Bonchev–Trinajstić information content (AvgIpc) is 2.46. The molecule has 98 valence electrons. The van der Waals surface area contributed by atoms with Crippen LogP contribution in [0.3, 0.4) is 0 Å². The molecule has 0 unspecified atom stereocenters. The minimum absolute atomic E-state index is 0.352. The lowest BCUT2D eigenvalue weighted by Gasteiger charge is -2.07. The number of hydrogen-bond donors (Lipinski definition) is 2. The summed E-state index contributed by atoms with van der Waals surface area (Å²) in [6.45, 7) is 0.352. The number of aromatic nitrogens is 1. The van der Waals surface area contributed by atoms with Crippen LogP contribution in [0.15, 0.2) is 42.6 Å². The third kappa shape index (κ3) is 3.65. The molecule has 0 aliphatic heterocycles.